The fourth-order valence-electron chi connectivity index (χ4n) is 8.62. The predicted molar refractivity (Wildman–Crippen MR) is 219 cm³/mol. The summed E-state index contributed by atoms with van der Waals surface area (Å²) in [5.74, 6) is 0. The van der Waals surface area contributed by atoms with Gasteiger partial charge in [0.05, 0.1) is 0 Å². The van der Waals surface area contributed by atoms with Crippen LogP contribution in [0.3, 0.4) is 0 Å². The summed E-state index contributed by atoms with van der Waals surface area (Å²) in [6.07, 6.45) is 0. The Morgan fingerprint density at radius 2 is 1.04 bits per heavy atom. The lowest BCUT2D eigenvalue weighted by molar-refractivity contribution is 0.660. The molecule has 2 aromatic heterocycles. The van der Waals surface area contributed by atoms with Crippen LogP contribution in [0.1, 0.15) is 25.0 Å². The van der Waals surface area contributed by atoms with Crippen molar-refractivity contribution in [3.05, 3.63) is 163 Å². The molecule has 8 aromatic carbocycles. The third-order valence-electron chi connectivity index (χ3n) is 11.0. The Bertz CT molecular complexity index is 3030. The van der Waals surface area contributed by atoms with Gasteiger partial charge in [-0.1, -0.05) is 123 Å². The van der Waals surface area contributed by atoms with Crippen LogP contribution in [0.5, 0.6) is 0 Å². The number of anilines is 3. The fraction of sp³-hybridized carbons (Fsp3) is 0.0638. The molecule has 0 unspecified atom stereocenters. The van der Waals surface area contributed by atoms with Gasteiger partial charge in [0.2, 0.25) is 0 Å². The Labute approximate surface area is 298 Å². The van der Waals surface area contributed by atoms with Crippen molar-refractivity contribution in [1.29, 1.82) is 0 Å². The molecule has 0 aliphatic heterocycles. The number of thiophene rings is 2. The van der Waals surface area contributed by atoms with Gasteiger partial charge >= 0.3 is 0 Å². The summed E-state index contributed by atoms with van der Waals surface area (Å²) >= 11 is 3.86. The first-order valence-electron chi connectivity index (χ1n) is 17.3. The fourth-order valence-corrected chi connectivity index (χ4v) is 11.3. The molecule has 236 valence electrons. The maximum absolute atomic E-state index is 2.46. The monoisotopic (exact) mass is 673 g/mol. The first-order valence-corrected chi connectivity index (χ1v) is 18.9. The van der Waals surface area contributed by atoms with E-state index in [1.807, 2.05) is 22.7 Å². The largest absolute Gasteiger partial charge is 0.310 e. The highest BCUT2D eigenvalue weighted by molar-refractivity contribution is 7.30. The van der Waals surface area contributed by atoms with Gasteiger partial charge in [0.1, 0.15) is 0 Å². The van der Waals surface area contributed by atoms with E-state index in [2.05, 4.69) is 170 Å². The highest BCUT2D eigenvalue weighted by atomic mass is 32.1. The molecule has 11 rings (SSSR count). The van der Waals surface area contributed by atoms with Crippen LogP contribution in [0.2, 0.25) is 0 Å². The Morgan fingerprint density at radius 1 is 0.420 bits per heavy atom. The van der Waals surface area contributed by atoms with Crippen molar-refractivity contribution in [3.8, 4) is 11.1 Å². The molecule has 0 radical (unpaired) electrons. The number of rotatable bonds is 3. The zero-order valence-corrected chi connectivity index (χ0v) is 29.3. The lowest BCUT2D eigenvalue weighted by atomic mass is 9.82. The molecular formula is C47H31NS2. The first-order chi connectivity index (χ1) is 24.5. The lowest BCUT2D eigenvalue weighted by Gasteiger charge is -2.28. The minimum Gasteiger partial charge on any atom is -0.310 e. The molecule has 0 N–H and O–H groups in total. The Morgan fingerprint density at radius 3 is 1.94 bits per heavy atom. The van der Waals surface area contributed by atoms with E-state index in [0.29, 0.717) is 0 Å². The molecule has 2 heterocycles. The molecule has 0 spiro atoms. The van der Waals surface area contributed by atoms with E-state index in [1.165, 1.54) is 95.5 Å². The van der Waals surface area contributed by atoms with E-state index in [9.17, 15) is 0 Å². The second kappa shape index (κ2) is 10.3. The van der Waals surface area contributed by atoms with Crippen molar-refractivity contribution in [2.24, 2.45) is 0 Å². The van der Waals surface area contributed by atoms with Crippen LogP contribution in [-0.4, -0.2) is 0 Å². The maximum atomic E-state index is 2.46. The molecule has 1 aliphatic rings. The van der Waals surface area contributed by atoms with E-state index in [-0.39, 0.29) is 5.41 Å². The molecule has 50 heavy (non-hydrogen) atoms. The van der Waals surface area contributed by atoms with Crippen LogP contribution in [-0.2, 0) is 5.41 Å². The van der Waals surface area contributed by atoms with Gasteiger partial charge in [0.15, 0.2) is 0 Å². The van der Waals surface area contributed by atoms with Gasteiger partial charge < -0.3 is 4.90 Å². The SMILES string of the molecule is CC1(C)c2ccccc2-c2ccc(N(c3ccc4ccccc4c3)c3ccc4c(c3)sc3c5ccccc5c5c6ccccc6sc5c43)cc21. The van der Waals surface area contributed by atoms with E-state index in [1.54, 1.807) is 0 Å². The second-order valence-corrected chi connectivity index (χ2v) is 16.2. The summed E-state index contributed by atoms with van der Waals surface area (Å²) in [7, 11) is 0. The molecule has 0 atom stereocenters. The van der Waals surface area contributed by atoms with E-state index < -0.39 is 0 Å². The maximum Gasteiger partial charge on any atom is 0.0476 e. The summed E-state index contributed by atoms with van der Waals surface area (Å²) in [5.41, 5.74) is 8.90. The van der Waals surface area contributed by atoms with Gasteiger partial charge in [-0.15, -0.1) is 22.7 Å². The Kier molecular flexibility index (Phi) is 5.83. The Hall–Kier alpha value is -5.48. The zero-order valence-electron chi connectivity index (χ0n) is 27.7. The number of fused-ring (bicyclic) bond motifs is 14. The average Bonchev–Trinajstić information content (AvgIpc) is 3.80. The van der Waals surface area contributed by atoms with Gasteiger partial charge in [0.25, 0.3) is 0 Å². The minimum absolute atomic E-state index is 0.0803. The van der Waals surface area contributed by atoms with Crippen molar-refractivity contribution < 1.29 is 0 Å². The molecular weight excluding hydrogens is 643 g/mol. The average molecular weight is 674 g/mol. The quantitative estimate of drug-likeness (QED) is 0.180. The molecule has 0 bridgehead atoms. The van der Waals surface area contributed by atoms with Crippen LogP contribution >= 0.6 is 22.7 Å². The lowest BCUT2D eigenvalue weighted by Crippen LogP contribution is -2.16. The van der Waals surface area contributed by atoms with Gasteiger partial charge in [0, 0.05) is 68.2 Å². The third kappa shape index (κ3) is 3.88. The van der Waals surface area contributed by atoms with E-state index in [0.717, 1.165) is 5.69 Å². The second-order valence-electron chi connectivity index (χ2n) is 14.1. The van der Waals surface area contributed by atoms with Gasteiger partial charge in [-0.3, -0.25) is 0 Å². The summed E-state index contributed by atoms with van der Waals surface area (Å²) in [5, 5.41) is 10.6. The molecule has 1 nitrogen and oxygen atoms in total. The molecule has 0 saturated carbocycles. The Balaban J connectivity index is 1.17. The summed E-state index contributed by atoms with van der Waals surface area (Å²) < 4.78 is 5.43. The van der Waals surface area contributed by atoms with Crippen molar-refractivity contribution in [2.45, 2.75) is 19.3 Å². The smallest absolute Gasteiger partial charge is 0.0476 e. The van der Waals surface area contributed by atoms with Gasteiger partial charge in [-0.05, 0) is 80.9 Å². The predicted octanol–water partition coefficient (Wildman–Crippen LogP) is 14.5. The number of nitrogens with zero attached hydrogens (tertiary/aromatic N) is 1. The first kappa shape index (κ1) is 28.4. The van der Waals surface area contributed by atoms with Crippen molar-refractivity contribution >= 4 is 102 Å². The van der Waals surface area contributed by atoms with Crippen LogP contribution < -0.4 is 4.90 Å². The molecule has 0 saturated heterocycles. The van der Waals surface area contributed by atoms with Crippen LogP contribution in [0.15, 0.2) is 152 Å². The van der Waals surface area contributed by atoms with Crippen molar-refractivity contribution in [2.75, 3.05) is 4.90 Å². The summed E-state index contributed by atoms with van der Waals surface area (Å²) in [6, 6.07) is 56.6. The normalized spacial score (nSPS) is 13.6. The standard InChI is InChI=1S/C47H31NS2/c1-47(2)39-17-9-7-13-33(39)34-23-21-31(26-40(34)47)48(30-20-19-28-11-3-4-12-29(28)25-30)32-22-24-38-42(27-32)50-45-36-15-6-5-14-35(36)43-37-16-8-10-18-41(37)49-46(43)44(38)45/h3-27H,1-2H3. The number of benzene rings is 8. The topological polar surface area (TPSA) is 3.24 Å². The van der Waals surface area contributed by atoms with Crippen molar-refractivity contribution in [1.82, 2.24) is 0 Å². The van der Waals surface area contributed by atoms with Gasteiger partial charge in [-0.2, -0.15) is 0 Å². The minimum atomic E-state index is -0.0803. The molecule has 1 aliphatic carbocycles. The number of hydrogen-bond donors (Lipinski definition) is 0. The van der Waals surface area contributed by atoms with Crippen LogP contribution in [0.4, 0.5) is 17.1 Å². The van der Waals surface area contributed by atoms with Crippen LogP contribution in [0.25, 0.3) is 73.0 Å². The van der Waals surface area contributed by atoms with Crippen LogP contribution in [0, 0.1) is 0 Å². The van der Waals surface area contributed by atoms with E-state index >= 15 is 0 Å². The van der Waals surface area contributed by atoms with Gasteiger partial charge in [-0.25, -0.2) is 0 Å². The molecule has 0 amide bonds. The molecule has 10 aromatic rings. The summed E-state index contributed by atoms with van der Waals surface area (Å²) in [6.45, 7) is 4.73. The highest BCUT2D eigenvalue weighted by Gasteiger charge is 2.35. The summed E-state index contributed by atoms with van der Waals surface area (Å²) in [4.78, 5) is 2.46. The van der Waals surface area contributed by atoms with Crippen molar-refractivity contribution in [3.63, 3.8) is 0 Å². The zero-order chi connectivity index (χ0) is 33.1. The number of hydrogen-bond acceptors (Lipinski definition) is 3. The highest BCUT2D eigenvalue weighted by Crippen LogP contribution is 2.52. The molecule has 3 heteroatoms. The van der Waals surface area contributed by atoms with E-state index in [4.69, 9.17) is 0 Å². The third-order valence-corrected chi connectivity index (χ3v) is 13.4. The molecule has 0 fully saturated rings.